The summed E-state index contributed by atoms with van der Waals surface area (Å²) < 4.78 is 32.2. The number of esters is 1. The Bertz CT molecular complexity index is 1700. The molecule has 0 aliphatic carbocycles. The van der Waals surface area contributed by atoms with E-state index in [2.05, 4.69) is 4.98 Å². The van der Waals surface area contributed by atoms with Crippen molar-refractivity contribution in [2.24, 2.45) is 0 Å². The fraction of sp³-hybridized carbons (Fsp3) is 0.364. The SMILES string of the molecule is Cc1ncc(CO[P+](=O)N(Oc2ccccc2)[C@@H](Cc2cn(C(=O)OC(C)(C)C)c3ccccc23)C(=O)OC(C)C)c(CO)c1O. The van der Waals surface area contributed by atoms with Crippen LogP contribution in [0.5, 0.6) is 11.5 Å². The number of aliphatic hydroxyl groups excluding tert-OH is 1. The van der Waals surface area contributed by atoms with Crippen LogP contribution in [0.15, 0.2) is 67.0 Å². The number of fused-ring (bicyclic) bond motifs is 1. The predicted molar refractivity (Wildman–Crippen MR) is 170 cm³/mol. The molecule has 46 heavy (non-hydrogen) atoms. The fourth-order valence-electron chi connectivity index (χ4n) is 4.61. The van der Waals surface area contributed by atoms with Gasteiger partial charge in [0.2, 0.25) is 0 Å². The second kappa shape index (κ2) is 14.8. The molecule has 0 fully saturated rings. The highest BCUT2D eigenvalue weighted by Gasteiger charge is 2.46. The minimum atomic E-state index is -2.92. The van der Waals surface area contributed by atoms with Crippen LogP contribution in [0.3, 0.4) is 0 Å². The van der Waals surface area contributed by atoms with Gasteiger partial charge in [0.05, 0.1) is 23.9 Å². The zero-order valence-corrected chi connectivity index (χ0v) is 27.6. The summed E-state index contributed by atoms with van der Waals surface area (Å²) in [4.78, 5) is 38.0. The first-order chi connectivity index (χ1) is 21.8. The van der Waals surface area contributed by atoms with Crippen LogP contribution in [-0.2, 0) is 43.0 Å². The molecule has 4 aromatic rings. The van der Waals surface area contributed by atoms with E-state index in [0.717, 1.165) is 4.83 Å². The maximum atomic E-state index is 13.9. The lowest BCUT2D eigenvalue weighted by Crippen LogP contribution is -2.42. The van der Waals surface area contributed by atoms with Crippen molar-refractivity contribution < 1.29 is 43.2 Å². The van der Waals surface area contributed by atoms with E-state index in [1.807, 2.05) is 6.07 Å². The normalized spacial score (nSPS) is 12.8. The largest absolute Gasteiger partial charge is 0.653 e. The van der Waals surface area contributed by atoms with E-state index in [-0.39, 0.29) is 30.1 Å². The Balaban J connectivity index is 1.75. The number of hydroxylamine groups is 1. The zero-order chi connectivity index (χ0) is 33.6. The summed E-state index contributed by atoms with van der Waals surface area (Å²) in [7, 11) is -2.92. The number of rotatable bonds is 12. The number of hydrogen-bond acceptors (Lipinski definition) is 10. The van der Waals surface area contributed by atoms with Gasteiger partial charge < -0.3 is 24.5 Å². The average Bonchev–Trinajstić information content (AvgIpc) is 3.37. The maximum absolute atomic E-state index is 13.9. The molecule has 0 amide bonds. The molecule has 0 radical (unpaired) electrons. The topological polar surface area (TPSA) is 150 Å². The smallest absolute Gasteiger partial charge is 0.506 e. The lowest BCUT2D eigenvalue weighted by molar-refractivity contribution is -0.159. The van der Waals surface area contributed by atoms with Crippen LogP contribution in [0.2, 0.25) is 0 Å². The number of pyridine rings is 1. The number of nitrogens with zero attached hydrogens (tertiary/aromatic N) is 3. The van der Waals surface area contributed by atoms with Crippen LogP contribution in [0, 0.1) is 6.92 Å². The van der Waals surface area contributed by atoms with E-state index in [1.54, 1.807) is 96.3 Å². The van der Waals surface area contributed by atoms with E-state index < -0.39 is 44.6 Å². The molecule has 13 heteroatoms. The first-order valence-corrected chi connectivity index (χ1v) is 15.8. The highest BCUT2D eigenvalue weighted by molar-refractivity contribution is 7.36. The molecular weight excluding hydrogens is 613 g/mol. The molecule has 12 nitrogen and oxygen atoms in total. The third-order valence-electron chi connectivity index (χ3n) is 6.71. The van der Waals surface area contributed by atoms with Crippen molar-refractivity contribution in [3.8, 4) is 11.5 Å². The molecule has 2 N–H and O–H groups in total. The summed E-state index contributed by atoms with van der Waals surface area (Å²) in [5.41, 5.74) is 1.16. The van der Waals surface area contributed by atoms with Crippen LogP contribution in [0.25, 0.3) is 10.9 Å². The number of carbonyl (C=O) groups is 2. The van der Waals surface area contributed by atoms with Crippen molar-refractivity contribution in [1.29, 1.82) is 0 Å². The van der Waals surface area contributed by atoms with Gasteiger partial charge >= 0.3 is 20.2 Å². The fourth-order valence-corrected chi connectivity index (χ4v) is 5.54. The van der Waals surface area contributed by atoms with Gasteiger partial charge in [0.15, 0.2) is 11.8 Å². The predicted octanol–water partition coefficient (Wildman–Crippen LogP) is 6.36. The number of aromatic hydroxyl groups is 1. The maximum Gasteiger partial charge on any atom is 0.653 e. The zero-order valence-electron chi connectivity index (χ0n) is 26.7. The average molecular weight is 653 g/mol. The second-order valence-corrected chi connectivity index (χ2v) is 12.9. The number of benzene rings is 2. The Labute approximate surface area is 268 Å². The minimum absolute atomic E-state index is 0.0894. The van der Waals surface area contributed by atoms with E-state index in [9.17, 15) is 24.4 Å². The molecule has 1 unspecified atom stereocenters. The molecule has 0 aliphatic heterocycles. The van der Waals surface area contributed by atoms with Gasteiger partial charge in [-0.25, -0.2) is 4.79 Å². The third-order valence-corrected chi connectivity index (χ3v) is 7.74. The Morgan fingerprint density at radius 1 is 1.04 bits per heavy atom. The van der Waals surface area contributed by atoms with E-state index in [4.69, 9.17) is 18.8 Å². The Hall–Kier alpha value is -4.35. The molecule has 2 atom stereocenters. The van der Waals surface area contributed by atoms with E-state index in [0.29, 0.717) is 27.7 Å². The standard InChI is InChI=1S/C33H38N3O9P/c1-21(2)43-31(39)29(16-23-18-35(32(40)44-33(4,5)6)28-15-11-10-14-26(23)28)36(45-25-12-8-7-9-13-25)46(41)42-20-24-17-34-22(3)30(38)27(24)19-37/h7-15,17-18,21,29,37H,16,19-20H2,1-6H3/p+1/t29-/m0/s1. The molecule has 0 spiro atoms. The summed E-state index contributed by atoms with van der Waals surface area (Å²) in [5.74, 6) is -0.660. The number of hydrogen-bond donors (Lipinski definition) is 2. The van der Waals surface area contributed by atoms with Crippen LogP contribution in [0.4, 0.5) is 4.79 Å². The Morgan fingerprint density at radius 2 is 1.72 bits per heavy atom. The van der Waals surface area contributed by atoms with Gasteiger partial charge in [-0.2, -0.15) is 0 Å². The molecule has 0 saturated carbocycles. The van der Waals surface area contributed by atoms with E-state index in [1.165, 1.54) is 10.8 Å². The summed E-state index contributed by atoms with van der Waals surface area (Å²) in [6.07, 6.45) is 1.79. The van der Waals surface area contributed by atoms with Crippen molar-refractivity contribution in [1.82, 2.24) is 14.4 Å². The number of aliphatic hydroxyl groups is 1. The quantitative estimate of drug-likeness (QED) is 0.100. The molecular formula is C33H39N3O9P+. The summed E-state index contributed by atoms with van der Waals surface area (Å²) >= 11 is 0. The number of ether oxygens (including phenoxy) is 2. The van der Waals surface area contributed by atoms with Gasteiger partial charge in [-0.05, 0) is 69.9 Å². The number of para-hydroxylation sites is 2. The first kappa shape index (κ1) is 34.5. The number of carbonyl (C=O) groups excluding carboxylic acids is 2. The van der Waals surface area contributed by atoms with Crippen LogP contribution in [0.1, 0.15) is 57.0 Å². The van der Waals surface area contributed by atoms with Crippen molar-refractivity contribution in [3.05, 3.63) is 89.4 Å². The van der Waals surface area contributed by atoms with Crippen molar-refractivity contribution in [3.63, 3.8) is 0 Å². The first-order valence-electron chi connectivity index (χ1n) is 14.7. The van der Waals surface area contributed by atoms with Gasteiger partial charge in [-0.3, -0.25) is 14.3 Å². The van der Waals surface area contributed by atoms with Gasteiger partial charge in [-0.15, -0.1) is 4.52 Å². The number of aromatic nitrogens is 2. The molecule has 2 aromatic carbocycles. The van der Waals surface area contributed by atoms with Gasteiger partial charge in [-0.1, -0.05) is 36.4 Å². The lowest BCUT2D eigenvalue weighted by atomic mass is 10.1. The van der Waals surface area contributed by atoms with Crippen molar-refractivity contribution in [2.75, 3.05) is 0 Å². The molecule has 4 rings (SSSR count). The molecule has 2 aromatic heterocycles. The molecule has 0 bridgehead atoms. The van der Waals surface area contributed by atoms with Gasteiger partial charge in [0.1, 0.15) is 22.8 Å². The lowest BCUT2D eigenvalue weighted by Gasteiger charge is -2.21. The summed E-state index contributed by atoms with van der Waals surface area (Å²) in [5, 5.41) is 20.9. The minimum Gasteiger partial charge on any atom is -0.506 e. The highest BCUT2D eigenvalue weighted by atomic mass is 31.1. The monoisotopic (exact) mass is 652 g/mol. The number of aryl methyl sites for hydroxylation is 1. The second-order valence-electron chi connectivity index (χ2n) is 11.8. The van der Waals surface area contributed by atoms with Gasteiger partial charge in [0, 0.05) is 35.3 Å². The van der Waals surface area contributed by atoms with E-state index >= 15 is 0 Å². The van der Waals surface area contributed by atoms with Crippen LogP contribution in [-0.4, -0.2) is 54.4 Å². The molecule has 0 saturated heterocycles. The van der Waals surface area contributed by atoms with Crippen molar-refractivity contribution in [2.45, 2.75) is 78.9 Å². The Morgan fingerprint density at radius 3 is 2.37 bits per heavy atom. The Kier molecular flexibility index (Phi) is 11.1. The molecule has 244 valence electrons. The molecule has 0 aliphatic rings. The van der Waals surface area contributed by atoms with Crippen LogP contribution >= 0.6 is 8.18 Å². The molecule has 2 heterocycles. The van der Waals surface area contributed by atoms with Crippen LogP contribution < -0.4 is 4.84 Å². The van der Waals surface area contributed by atoms with Gasteiger partial charge in [0.25, 0.3) is 0 Å². The summed E-state index contributed by atoms with van der Waals surface area (Å²) in [6.45, 7) is 9.43. The highest BCUT2D eigenvalue weighted by Crippen LogP contribution is 2.37. The van der Waals surface area contributed by atoms with Crippen molar-refractivity contribution >= 4 is 31.1 Å². The summed E-state index contributed by atoms with van der Waals surface area (Å²) in [6, 6.07) is 14.3. The third kappa shape index (κ3) is 8.46.